The Kier molecular flexibility index (Phi) is 33.5. The van der Waals surface area contributed by atoms with Gasteiger partial charge in [0.1, 0.15) is 19.8 Å². The maximum Gasteiger partial charge on any atom is 0.472 e. The summed E-state index contributed by atoms with van der Waals surface area (Å²) in [6.07, 6.45) is 28.2. The number of hydrogen-bond donors (Lipinski definition) is 4. The minimum absolute atomic E-state index is 0.0326. The second-order valence-corrected chi connectivity index (χ2v) is 17.1. The van der Waals surface area contributed by atoms with Gasteiger partial charge in [-0.1, -0.05) is 152 Å². The van der Waals surface area contributed by atoms with E-state index in [1.807, 2.05) is 21.1 Å². The highest BCUT2D eigenvalue weighted by molar-refractivity contribution is 7.47. The average Bonchev–Trinajstić information content (AvgIpc) is 3.13. The number of hydrogen-bond acceptors (Lipinski definition) is 10. The summed E-state index contributed by atoms with van der Waals surface area (Å²) < 4.78 is 33.9. The van der Waals surface area contributed by atoms with Crippen molar-refractivity contribution in [3.63, 3.8) is 0 Å². The second kappa shape index (κ2) is 34.9. The van der Waals surface area contributed by atoms with Gasteiger partial charge >= 0.3 is 19.8 Å². The highest BCUT2D eigenvalue weighted by atomic mass is 31.2. The Labute approximate surface area is 339 Å². The number of quaternary nitrogens is 1. The van der Waals surface area contributed by atoms with Crippen LogP contribution in [0.2, 0.25) is 0 Å². The Balaban J connectivity index is 4.75. The first-order valence-electron chi connectivity index (χ1n) is 21.2. The van der Waals surface area contributed by atoms with Crippen LogP contribution in [0.15, 0.2) is 48.6 Å². The number of nitrogens with zero attached hydrogens (tertiary/aromatic N) is 1. The molecule has 326 valence electrons. The van der Waals surface area contributed by atoms with E-state index in [1.165, 1.54) is 57.4 Å². The predicted octanol–water partition coefficient (Wildman–Crippen LogP) is 8.43. The number of esters is 2. The summed E-state index contributed by atoms with van der Waals surface area (Å²) in [5.41, 5.74) is 0. The Morgan fingerprint density at radius 1 is 0.625 bits per heavy atom. The number of ether oxygens (including phenoxy) is 2. The van der Waals surface area contributed by atoms with Gasteiger partial charge in [0.15, 0.2) is 6.10 Å². The van der Waals surface area contributed by atoms with Gasteiger partial charge in [0, 0.05) is 12.8 Å². The summed E-state index contributed by atoms with van der Waals surface area (Å²) in [4.78, 5) is 35.3. The molecular formula is C43H79NO11P+. The molecule has 0 fully saturated rings. The fraction of sp³-hybridized carbons (Fsp3) is 0.767. The third kappa shape index (κ3) is 36.2. The fourth-order valence-electron chi connectivity index (χ4n) is 5.46. The van der Waals surface area contributed by atoms with Gasteiger partial charge in [-0.15, -0.1) is 0 Å². The Hall–Kier alpha value is -2.15. The molecule has 0 aliphatic heterocycles. The van der Waals surface area contributed by atoms with E-state index in [2.05, 4.69) is 13.8 Å². The number of carbonyl (C=O) groups is 2. The van der Waals surface area contributed by atoms with Crippen molar-refractivity contribution in [2.45, 2.75) is 167 Å². The zero-order valence-corrected chi connectivity index (χ0v) is 36.3. The molecule has 0 heterocycles. The molecule has 0 saturated carbocycles. The molecule has 0 spiro atoms. The first-order valence-corrected chi connectivity index (χ1v) is 22.7. The van der Waals surface area contributed by atoms with Crippen molar-refractivity contribution in [3.8, 4) is 0 Å². The molecule has 0 aliphatic carbocycles. The quantitative estimate of drug-likeness (QED) is 0.0156. The molecule has 5 atom stereocenters. The molecule has 0 rings (SSSR count). The minimum atomic E-state index is -4.47. The summed E-state index contributed by atoms with van der Waals surface area (Å²) in [5.74, 6) is -1.13. The lowest BCUT2D eigenvalue weighted by molar-refractivity contribution is -0.870. The number of likely N-dealkylation sites (N-methyl/N-ethyl adjacent to an activating group) is 1. The van der Waals surface area contributed by atoms with E-state index < -0.39 is 50.8 Å². The molecule has 0 aromatic carbocycles. The van der Waals surface area contributed by atoms with Gasteiger partial charge < -0.3 is 34.2 Å². The number of phosphoric acid groups is 1. The van der Waals surface area contributed by atoms with Crippen molar-refractivity contribution < 1.29 is 57.4 Å². The number of phosphoric ester groups is 1. The zero-order chi connectivity index (χ0) is 41.9. The topological polar surface area (TPSA) is 169 Å². The Bertz CT molecular complexity index is 1150. The van der Waals surface area contributed by atoms with Gasteiger partial charge in [-0.2, -0.15) is 0 Å². The van der Waals surface area contributed by atoms with Gasteiger partial charge in [0.25, 0.3) is 0 Å². The summed E-state index contributed by atoms with van der Waals surface area (Å²) in [6.45, 7) is 3.89. The monoisotopic (exact) mass is 817 g/mol. The molecule has 0 aromatic rings. The van der Waals surface area contributed by atoms with Crippen LogP contribution in [0, 0.1) is 0 Å². The van der Waals surface area contributed by atoms with Crippen molar-refractivity contribution in [1.82, 2.24) is 0 Å². The third-order valence-electron chi connectivity index (χ3n) is 8.98. The lowest BCUT2D eigenvalue weighted by Gasteiger charge is -2.24. The first kappa shape index (κ1) is 53.9. The van der Waals surface area contributed by atoms with E-state index in [0.29, 0.717) is 17.4 Å². The van der Waals surface area contributed by atoms with E-state index >= 15 is 0 Å². The van der Waals surface area contributed by atoms with Gasteiger partial charge in [0.05, 0.1) is 46.1 Å². The molecule has 13 heteroatoms. The largest absolute Gasteiger partial charge is 0.472 e. The smallest absolute Gasteiger partial charge is 0.462 e. The van der Waals surface area contributed by atoms with Crippen molar-refractivity contribution >= 4 is 19.8 Å². The number of rotatable bonds is 37. The standard InChI is InChI=1S/C43H78NO11P/c1-6-8-10-11-12-13-14-15-16-17-22-26-32-42(48)52-36-39(37-54-56(50,51)53-35-34-44(3,4)5)55-43(49)33-27-31-41(47)40(46)30-25-21-19-18-20-24-29-38(45)28-23-9-7-2/h18-21,24-25,29-30,38-41,45-47H,6-17,22-23,26-28,31-37H2,1-5H3/p+1/b20-18-,21-19+,29-24+,30-25+/t38-,39+,40-,41-/m0/s1. The molecular weight excluding hydrogens is 737 g/mol. The van der Waals surface area contributed by atoms with E-state index in [-0.39, 0.29) is 38.9 Å². The highest BCUT2D eigenvalue weighted by Crippen LogP contribution is 2.43. The molecule has 12 nitrogen and oxygen atoms in total. The molecule has 0 bridgehead atoms. The van der Waals surface area contributed by atoms with E-state index in [0.717, 1.165) is 44.9 Å². The van der Waals surface area contributed by atoms with Crippen molar-refractivity contribution in [3.05, 3.63) is 48.6 Å². The predicted molar refractivity (Wildman–Crippen MR) is 224 cm³/mol. The van der Waals surface area contributed by atoms with Crippen molar-refractivity contribution in [1.29, 1.82) is 0 Å². The lowest BCUT2D eigenvalue weighted by Crippen LogP contribution is -2.37. The van der Waals surface area contributed by atoms with Crippen molar-refractivity contribution in [2.24, 2.45) is 0 Å². The molecule has 56 heavy (non-hydrogen) atoms. The normalized spacial score (nSPS) is 15.8. The van der Waals surface area contributed by atoms with Crippen LogP contribution in [0.5, 0.6) is 0 Å². The summed E-state index contributed by atoms with van der Waals surface area (Å²) >= 11 is 0. The fourth-order valence-corrected chi connectivity index (χ4v) is 6.20. The van der Waals surface area contributed by atoms with E-state index in [4.69, 9.17) is 18.5 Å². The highest BCUT2D eigenvalue weighted by Gasteiger charge is 2.27. The number of aliphatic hydroxyl groups excluding tert-OH is 3. The Morgan fingerprint density at radius 2 is 1.14 bits per heavy atom. The summed E-state index contributed by atoms with van der Waals surface area (Å²) in [6, 6.07) is 0. The van der Waals surface area contributed by atoms with E-state index in [1.54, 1.807) is 42.5 Å². The van der Waals surface area contributed by atoms with Crippen LogP contribution in [-0.2, 0) is 32.7 Å². The number of aliphatic hydroxyl groups is 3. The lowest BCUT2D eigenvalue weighted by atomic mass is 10.0. The maximum absolute atomic E-state index is 12.7. The van der Waals surface area contributed by atoms with Gasteiger partial charge in [-0.05, 0) is 25.7 Å². The zero-order valence-electron chi connectivity index (χ0n) is 35.4. The molecule has 0 saturated heterocycles. The van der Waals surface area contributed by atoms with Gasteiger partial charge in [-0.3, -0.25) is 18.6 Å². The number of allylic oxidation sites excluding steroid dienone is 6. The van der Waals surface area contributed by atoms with Crippen LogP contribution in [0.25, 0.3) is 0 Å². The summed E-state index contributed by atoms with van der Waals surface area (Å²) in [5, 5.41) is 30.5. The van der Waals surface area contributed by atoms with E-state index in [9.17, 15) is 34.4 Å². The SMILES string of the molecule is CCCCCCCCCCCCCCC(=O)OC[C@H](COP(=O)(O)OCC[N+](C)(C)C)OC(=O)CCC[C@H](O)[C@@H](O)/C=C/C=C/C=C\C=C\[C@@H](O)CCCCC. The molecule has 1 unspecified atom stereocenters. The van der Waals surface area contributed by atoms with Crippen LogP contribution >= 0.6 is 7.82 Å². The molecule has 0 amide bonds. The first-order chi connectivity index (χ1) is 26.7. The summed E-state index contributed by atoms with van der Waals surface area (Å²) in [7, 11) is 1.26. The van der Waals surface area contributed by atoms with Crippen molar-refractivity contribution in [2.75, 3.05) is 47.5 Å². The van der Waals surface area contributed by atoms with Crippen LogP contribution < -0.4 is 0 Å². The third-order valence-corrected chi connectivity index (χ3v) is 9.96. The molecule has 0 aromatic heterocycles. The average molecular weight is 817 g/mol. The molecule has 4 N–H and O–H groups in total. The second-order valence-electron chi connectivity index (χ2n) is 15.6. The van der Waals surface area contributed by atoms with Crippen LogP contribution in [0.3, 0.4) is 0 Å². The van der Waals surface area contributed by atoms with Crippen LogP contribution in [0.4, 0.5) is 0 Å². The van der Waals surface area contributed by atoms with Gasteiger partial charge in [-0.25, -0.2) is 4.57 Å². The number of carbonyl (C=O) groups excluding carboxylic acids is 2. The molecule has 0 radical (unpaired) electrons. The minimum Gasteiger partial charge on any atom is -0.462 e. The van der Waals surface area contributed by atoms with Crippen LogP contribution in [-0.4, -0.2) is 109 Å². The van der Waals surface area contributed by atoms with Gasteiger partial charge in [0.2, 0.25) is 0 Å². The number of unbranched alkanes of at least 4 members (excludes halogenated alkanes) is 13. The Morgan fingerprint density at radius 3 is 1.73 bits per heavy atom. The molecule has 0 aliphatic rings. The maximum atomic E-state index is 12.7. The van der Waals surface area contributed by atoms with Crippen LogP contribution in [0.1, 0.15) is 142 Å².